The molecule has 10 heavy (non-hydrogen) atoms. The summed E-state index contributed by atoms with van der Waals surface area (Å²) in [6.07, 6.45) is 0. The van der Waals surface area contributed by atoms with Crippen LogP contribution in [-0.4, -0.2) is 28.0 Å². The first-order valence-corrected chi connectivity index (χ1v) is 2.85. The second-order valence-corrected chi connectivity index (χ2v) is 1.93. The number of carboxylic acid groups (broad SMARTS) is 1. The number of guanidine groups is 1. The van der Waals surface area contributed by atoms with Crippen LogP contribution in [0, 0.1) is 0 Å². The minimum absolute atomic E-state index is 0.245. The third-order valence-electron chi connectivity index (χ3n) is 0.609. The first-order chi connectivity index (χ1) is 4.57. The van der Waals surface area contributed by atoms with Gasteiger partial charge in [-0.3, -0.25) is 4.79 Å². The van der Waals surface area contributed by atoms with Crippen molar-refractivity contribution in [2.75, 3.05) is 6.54 Å². The second-order valence-electron chi connectivity index (χ2n) is 1.36. The predicted molar refractivity (Wildman–Crippen MR) is 37.7 cm³/mol. The molecule has 0 aromatic heterocycles. The molecule has 0 aromatic rings. The Hall–Kier alpha value is -0.680. The van der Waals surface area contributed by atoms with Crippen LogP contribution in [0.2, 0.25) is 0 Å². The van der Waals surface area contributed by atoms with Crippen LogP contribution >= 0.6 is 23.6 Å². The van der Waals surface area contributed by atoms with E-state index >= 15 is 0 Å². The molecule has 0 rings (SSSR count). The van der Waals surface area contributed by atoms with Crippen molar-refractivity contribution >= 4 is 35.5 Å². The molecule has 0 heterocycles. The highest BCUT2D eigenvalue weighted by Gasteiger charge is 2.07. The monoisotopic (exact) mass is 185 g/mol. The van der Waals surface area contributed by atoms with E-state index in [1.807, 2.05) is 0 Å². The fourth-order valence-electron chi connectivity index (χ4n) is 0.241. The largest absolute Gasteiger partial charge is 0.480 e. The molecule has 5 nitrogen and oxygen atoms in total. The molecule has 0 aromatic carbocycles. The normalized spacial score (nSPS) is 11.2. The molecule has 0 aliphatic carbocycles. The van der Waals surface area contributed by atoms with Crippen molar-refractivity contribution in [3.8, 4) is 0 Å². The van der Waals surface area contributed by atoms with Gasteiger partial charge in [0.25, 0.3) is 0 Å². The Labute approximate surface area is 67.2 Å². The van der Waals surface area contributed by atoms with Gasteiger partial charge in [0.2, 0.25) is 5.96 Å². The summed E-state index contributed by atoms with van der Waals surface area (Å²) in [5.41, 5.74) is 5.01. The van der Waals surface area contributed by atoms with Crippen LogP contribution in [0.25, 0.3) is 0 Å². The van der Waals surface area contributed by atoms with Crippen LogP contribution in [0.4, 0.5) is 0 Å². The van der Waals surface area contributed by atoms with E-state index in [2.05, 4.69) is 4.51 Å². The number of rotatable bonds is 2. The Morgan fingerprint density at radius 3 is 2.60 bits per heavy atom. The lowest BCUT2D eigenvalue weighted by Crippen LogP contribution is -2.33. The van der Waals surface area contributed by atoms with Crippen molar-refractivity contribution in [2.24, 2.45) is 10.2 Å². The summed E-state index contributed by atoms with van der Waals surface area (Å²) in [5.74, 6) is -1.36. The van der Waals surface area contributed by atoms with Crippen molar-refractivity contribution in [1.29, 1.82) is 0 Å². The second kappa shape index (κ2) is 4.19. The average molecular weight is 186 g/mol. The molecule has 0 spiro atoms. The summed E-state index contributed by atoms with van der Waals surface area (Å²) < 4.78 is 3.63. The van der Waals surface area contributed by atoms with E-state index < -0.39 is 12.5 Å². The zero-order chi connectivity index (χ0) is 8.15. The van der Waals surface area contributed by atoms with Crippen molar-refractivity contribution < 1.29 is 9.90 Å². The lowest BCUT2D eigenvalue weighted by atomic mass is 10.6. The predicted octanol–water partition coefficient (Wildman–Crippen LogP) is -0.00470. The van der Waals surface area contributed by atoms with Gasteiger partial charge < -0.3 is 10.8 Å². The summed E-state index contributed by atoms with van der Waals surface area (Å²) in [4.78, 5) is 9.95. The minimum atomic E-state index is -1.11. The lowest BCUT2D eigenvalue weighted by molar-refractivity contribution is -0.136. The molecule has 7 heteroatoms. The molecule has 3 N–H and O–H groups in total. The van der Waals surface area contributed by atoms with Gasteiger partial charge in [0.1, 0.15) is 6.54 Å². The SMILES string of the molecule is NC(=NCl)N(Cl)CC(=O)O. The quantitative estimate of drug-likeness (QED) is 0.361. The summed E-state index contributed by atoms with van der Waals surface area (Å²) in [5, 5.41) is 8.15. The molecule has 0 unspecified atom stereocenters. The molecule has 0 aliphatic heterocycles. The lowest BCUT2D eigenvalue weighted by Gasteiger charge is -2.08. The molecule has 0 aliphatic rings. The van der Waals surface area contributed by atoms with Crippen LogP contribution in [0.5, 0.6) is 0 Å². The summed E-state index contributed by atoms with van der Waals surface area (Å²) in [6, 6.07) is 0. The zero-order valence-corrected chi connectivity index (χ0v) is 6.30. The Morgan fingerprint density at radius 1 is 1.80 bits per heavy atom. The number of hydrogen-bond donors (Lipinski definition) is 2. The van der Waals surface area contributed by atoms with Crippen molar-refractivity contribution in [1.82, 2.24) is 4.42 Å². The minimum Gasteiger partial charge on any atom is -0.480 e. The summed E-state index contributed by atoms with van der Waals surface area (Å²) in [6.45, 7) is -0.441. The number of hydrogen-bond acceptors (Lipinski definition) is 2. The Balaban J connectivity index is 3.85. The Kier molecular flexibility index (Phi) is 3.90. The first-order valence-electron chi connectivity index (χ1n) is 2.17. The van der Waals surface area contributed by atoms with Gasteiger partial charge in [0.05, 0.1) is 0 Å². The molecule has 0 amide bonds. The zero-order valence-electron chi connectivity index (χ0n) is 4.79. The van der Waals surface area contributed by atoms with E-state index in [0.29, 0.717) is 4.42 Å². The molecule has 0 atom stereocenters. The van der Waals surface area contributed by atoms with Crippen LogP contribution in [-0.2, 0) is 4.79 Å². The van der Waals surface area contributed by atoms with Crippen molar-refractivity contribution in [3.63, 3.8) is 0 Å². The van der Waals surface area contributed by atoms with Crippen LogP contribution in [0.3, 0.4) is 0 Å². The van der Waals surface area contributed by atoms with Crippen LogP contribution in [0.15, 0.2) is 4.51 Å². The Morgan fingerprint density at radius 2 is 2.30 bits per heavy atom. The number of carboxylic acids is 1. The first kappa shape index (κ1) is 9.32. The maximum Gasteiger partial charge on any atom is 0.324 e. The fraction of sp³-hybridized carbons (Fsp3) is 0.333. The number of nitrogens with zero attached hydrogens (tertiary/aromatic N) is 2. The van der Waals surface area contributed by atoms with Crippen molar-refractivity contribution in [3.05, 3.63) is 0 Å². The molecular weight excluding hydrogens is 181 g/mol. The van der Waals surface area contributed by atoms with Gasteiger partial charge in [-0.2, -0.15) is 0 Å². The van der Waals surface area contributed by atoms with Gasteiger partial charge >= 0.3 is 5.97 Å². The Bertz CT molecular complexity index is 160. The topological polar surface area (TPSA) is 78.9 Å². The third-order valence-corrected chi connectivity index (χ3v) is 1.08. The summed E-state index contributed by atoms with van der Waals surface area (Å²) >= 11 is 10.1. The molecular formula is C3H5Cl2N3O2. The van der Waals surface area contributed by atoms with Crippen LogP contribution in [0.1, 0.15) is 0 Å². The highest BCUT2D eigenvalue weighted by Crippen LogP contribution is 1.93. The van der Waals surface area contributed by atoms with E-state index in [9.17, 15) is 4.79 Å². The smallest absolute Gasteiger partial charge is 0.324 e. The molecule has 0 saturated heterocycles. The maximum atomic E-state index is 9.95. The number of halogens is 2. The van der Waals surface area contributed by atoms with Gasteiger partial charge in [-0.15, -0.1) is 4.51 Å². The molecule has 0 radical (unpaired) electrons. The average Bonchev–Trinajstić information content (AvgIpc) is 1.85. The van der Waals surface area contributed by atoms with Gasteiger partial charge in [0, 0.05) is 23.6 Å². The van der Waals surface area contributed by atoms with Gasteiger partial charge in [-0.25, -0.2) is 4.42 Å². The molecule has 0 saturated carbocycles. The molecule has 0 fully saturated rings. The van der Waals surface area contributed by atoms with Crippen molar-refractivity contribution in [2.45, 2.75) is 0 Å². The van der Waals surface area contributed by atoms with Gasteiger partial charge in [0.15, 0.2) is 0 Å². The van der Waals surface area contributed by atoms with Crippen LogP contribution < -0.4 is 5.73 Å². The van der Waals surface area contributed by atoms with E-state index in [-0.39, 0.29) is 5.96 Å². The highest BCUT2D eigenvalue weighted by molar-refractivity contribution is 6.26. The third kappa shape index (κ3) is 3.37. The highest BCUT2D eigenvalue weighted by atomic mass is 35.5. The van der Waals surface area contributed by atoms with E-state index in [0.717, 1.165) is 0 Å². The van der Waals surface area contributed by atoms with E-state index in [4.69, 9.17) is 34.4 Å². The number of aliphatic carboxylic acids is 1. The standard InChI is InChI=1S/C3H5Cl2N3O2/c4-7-3(6)8(5)1-2(9)10/h1H2,(H2,6,7)(H,9,10). The van der Waals surface area contributed by atoms with E-state index in [1.54, 1.807) is 0 Å². The molecule has 58 valence electrons. The summed E-state index contributed by atoms with van der Waals surface area (Å²) in [7, 11) is 0. The number of nitrogens with two attached hydrogens (primary N) is 1. The van der Waals surface area contributed by atoms with Gasteiger partial charge in [-0.1, -0.05) is 0 Å². The maximum absolute atomic E-state index is 9.95. The number of carbonyl (C=O) groups is 1. The van der Waals surface area contributed by atoms with E-state index in [1.165, 1.54) is 0 Å². The molecule has 0 bridgehead atoms. The fourth-order valence-corrected chi connectivity index (χ4v) is 0.511. The van der Waals surface area contributed by atoms with Gasteiger partial charge in [-0.05, 0) is 0 Å².